The fraction of sp³-hybridized carbons (Fsp3) is 0.348. The van der Waals surface area contributed by atoms with Crippen molar-refractivity contribution in [1.29, 1.82) is 0 Å². The van der Waals surface area contributed by atoms with Crippen molar-refractivity contribution >= 4 is 29.1 Å². The fourth-order valence-electron chi connectivity index (χ4n) is 3.29. The monoisotopic (exact) mass is 409 g/mol. The molecule has 1 aliphatic heterocycles. The van der Waals surface area contributed by atoms with Gasteiger partial charge in [-0.1, -0.05) is 32.0 Å². The quantitative estimate of drug-likeness (QED) is 0.736. The third kappa shape index (κ3) is 5.17. The van der Waals surface area contributed by atoms with E-state index in [0.717, 1.165) is 11.3 Å². The summed E-state index contributed by atoms with van der Waals surface area (Å²) in [4.78, 5) is 38.5. The minimum atomic E-state index is -0.410. The molecule has 1 aliphatic rings. The van der Waals surface area contributed by atoms with Crippen LogP contribution in [0.1, 0.15) is 25.8 Å². The lowest BCUT2D eigenvalue weighted by atomic mass is 10.1. The van der Waals surface area contributed by atoms with Crippen LogP contribution in [0.25, 0.3) is 0 Å². The van der Waals surface area contributed by atoms with Gasteiger partial charge in [-0.15, -0.1) is 0 Å². The predicted octanol–water partition coefficient (Wildman–Crippen LogP) is 2.96. The van der Waals surface area contributed by atoms with Gasteiger partial charge in [-0.05, 0) is 29.8 Å². The Morgan fingerprint density at radius 3 is 2.67 bits per heavy atom. The van der Waals surface area contributed by atoms with Crippen molar-refractivity contribution in [2.45, 2.75) is 26.8 Å². The smallest absolute Gasteiger partial charge is 0.227 e. The molecule has 1 heterocycles. The number of anilines is 2. The molecular weight excluding hydrogens is 382 g/mol. The van der Waals surface area contributed by atoms with E-state index < -0.39 is 5.92 Å². The zero-order valence-electron chi connectivity index (χ0n) is 17.5. The first-order chi connectivity index (χ1) is 14.4. The molecule has 1 fully saturated rings. The van der Waals surface area contributed by atoms with E-state index in [4.69, 9.17) is 4.74 Å². The van der Waals surface area contributed by atoms with Crippen LogP contribution in [0.15, 0.2) is 48.5 Å². The normalized spacial score (nSPS) is 15.9. The number of hydrogen-bond donors (Lipinski definition) is 2. The van der Waals surface area contributed by atoms with Gasteiger partial charge in [-0.2, -0.15) is 0 Å². The second-order valence-corrected chi connectivity index (χ2v) is 7.67. The Morgan fingerprint density at radius 1 is 1.17 bits per heavy atom. The molecule has 0 radical (unpaired) electrons. The van der Waals surface area contributed by atoms with Crippen molar-refractivity contribution in [3.63, 3.8) is 0 Å². The summed E-state index contributed by atoms with van der Waals surface area (Å²) in [6.45, 7) is 4.32. The molecule has 3 rings (SSSR count). The third-order valence-electron chi connectivity index (χ3n) is 5.05. The van der Waals surface area contributed by atoms with E-state index in [2.05, 4.69) is 10.6 Å². The molecule has 0 aliphatic carbocycles. The standard InChI is InChI=1S/C23H27N3O4/c1-15(2)22(28)25-18-7-4-6-16(10-18)13-24-23(29)17-11-21(27)26(14-17)19-8-5-9-20(12-19)30-3/h4-10,12,15,17H,11,13-14H2,1-3H3,(H,24,29)(H,25,28)/t17-/m0/s1. The summed E-state index contributed by atoms with van der Waals surface area (Å²) in [7, 11) is 1.57. The molecule has 7 nitrogen and oxygen atoms in total. The summed E-state index contributed by atoms with van der Waals surface area (Å²) in [5, 5.41) is 5.75. The van der Waals surface area contributed by atoms with Crippen molar-refractivity contribution < 1.29 is 19.1 Å². The van der Waals surface area contributed by atoms with Crippen LogP contribution < -0.4 is 20.3 Å². The number of nitrogens with zero attached hydrogens (tertiary/aromatic N) is 1. The summed E-state index contributed by atoms with van der Waals surface area (Å²) < 4.78 is 5.21. The molecule has 158 valence electrons. The van der Waals surface area contributed by atoms with Gasteiger partial charge in [0.05, 0.1) is 13.0 Å². The molecule has 0 bridgehead atoms. The van der Waals surface area contributed by atoms with E-state index in [1.165, 1.54) is 0 Å². The topological polar surface area (TPSA) is 87.7 Å². The van der Waals surface area contributed by atoms with Crippen LogP contribution in [0, 0.1) is 11.8 Å². The maximum Gasteiger partial charge on any atom is 0.227 e. The third-order valence-corrected chi connectivity index (χ3v) is 5.05. The lowest BCUT2D eigenvalue weighted by molar-refractivity contribution is -0.126. The Bertz CT molecular complexity index is 942. The van der Waals surface area contributed by atoms with Crippen molar-refractivity contribution in [2.75, 3.05) is 23.9 Å². The molecule has 0 saturated carbocycles. The number of rotatable bonds is 7. The van der Waals surface area contributed by atoms with Crippen molar-refractivity contribution in [1.82, 2.24) is 5.32 Å². The van der Waals surface area contributed by atoms with E-state index in [1.54, 1.807) is 18.1 Å². The minimum absolute atomic E-state index is 0.0571. The highest BCUT2D eigenvalue weighted by molar-refractivity contribution is 6.00. The van der Waals surface area contributed by atoms with Crippen LogP contribution in [-0.2, 0) is 20.9 Å². The van der Waals surface area contributed by atoms with Crippen LogP contribution >= 0.6 is 0 Å². The molecule has 0 aromatic heterocycles. The Balaban J connectivity index is 1.58. The Kier molecular flexibility index (Phi) is 6.72. The van der Waals surface area contributed by atoms with Crippen LogP contribution in [0.5, 0.6) is 5.75 Å². The molecule has 0 spiro atoms. The molecule has 1 saturated heterocycles. The fourth-order valence-corrected chi connectivity index (χ4v) is 3.29. The Morgan fingerprint density at radius 2 is 1.93 bits per heavy atom. The van der Waals surface area contributed by atoms with Gasteiger partial charge in [-0.3, -0.25) is 14.4 Å². The van der Waals surface area contributed by atoms with Crippen molar-refractivity contribution in [2.24, 2.45) is 11.8 Å². The van der Waals surface area contributed by atoms with Gasteiger partial charge < -0.3 is 20.3 Å². The van der Waals surface area contributed by atoms with Crippen LogP contribution in [0.3, 0.4) is 0 Å². The SMILES string of the molecule is COc1cccc(N2C[C@@H](C(=O)NCc3cccc(NC(=O)C(C)C)c3)CC2=O)c1. The first kappa shape index (κ1) is 21.4. The number of carbonyl (C=O) groups is 3. The average molecular weight is 409 g/mol. The lowest BCUT2D eigenvalue weighted by Gasteiger charge is -2.17. The number of hydrogen-bond acceptors (Lipinski definition) is 4. The summed E-state index contributed by atoms with van der Waals surface area (Å²) in [6, 6.07) is 14.6. The van der Waals surface area contributed by atoms with Crippen molar-refractivity contribution in [3.05, 3.63) is 54.1 Å². The number of methoxy groups -OCH3 is 1. The first-order valence-corrected chi connectivity index (χ1v) is 9.99. The molecule has 2 N–H and O–H groups in total. The van der Waals surface area contributed by atoms with E-state index in [0.29, 0.717) is 24.5 Å². The average Bonchev–Trinajstić information content (AvgIpc) is 3.14. The first-order valence-electron chi connectivity index (χ1n) is 9.99. The van der Waals surface area contributed by atoms with Crippen LogP contribution in [-0.4, -0.2) is 31.4 Å². The van der Waals surface area contributed by atoms with Crippen molar-refractivity contribution in [3.8, 4) is 5.75 Å². The molecule has 1 atom stereocenters. The Labute approximate surface area is 176 Å². The van der Waals surface area contributed by atoms with Gasteiger partial charge in [0.25, 0.3) is 0 Å². The zero-order chi connectivity index (χ0) is 21.7. The second-order valence-electron chi connectivity index (χ2n) is 7.67. The molecule has 30 heavy (non-hydrogen) atoms. The summed E-state index contributed by atoms with van der Waals surface area (Å²) in [5.41, 5.74) is 2.29. The number of benzene rings is 2. The van der Waals surface area contributed by atoms with Gasteiger partial charge in [-0.25, -0.2) is 0 Å². The Hall–Kier alpha value is -3.35. The maximum absolute atomic E-state index is 12.6. The van der Waals surface area contributed by atoms with Crippen LogP contribution in [0.2, 0.25) is 0 Å². The van der Waals surface area contributed by atoms with Gasteiger partial charge >= 0.3 is 0 Å². The highest BCUT2D eigenvalue weighted by atomic mass is 16.5. The zero-order valence-corrected chi connectivity index (χ0v) is 17.5. The number of amides is 3. The summed E-state index contributed by atoms with van der Waals surface area (Å²) in [5.74, 6) is -0.156. The lowest BCUT2D eigenvalue weighted by Crippen LogP contribution is -2.32. The number of nitrogens with one attached hydrogen (secondary N) is 2. The molecular formula is C23H27N3O4. The van der Waals surface area contributed by atoms with Gasteiger partial charge in [0, 0.05) is 42.9 Å². The second kappa shape index (κ2) is 9.43. The summed E-state index contributed by atoms with van der Waals surface area (Å²) in [6.07, 6.45) is 0.174. The van der Waals surface area contributed by atoms with E-state index in [9.17, 15) is 14.4 Å². The molecule has 0 unspecified atom stereocenters. The molecule has 7 heteroatoms. The molecule has 2 aromatic carbocycles. The minimum Gasteiger partial charge on any atom is -0.497 e. The maximum atomic E-state index is 12.6. The predicted molar refractivity (Wildman–Crippen MR) is 115 cm³/mol. The molecule has 2 aromatic rings. The number of ether oxygens (including phenoxy) is 1. The number of carbonyl (C=O) groups excluding carboxylic acids is 3. The highest BCUT2D eigenvalue weighted by Gasteiger charge is 2.35. The highest BCUT2D eigenvalue weighted by Crippen LogP contribution is 2.28. The van der Waals surface area contributed by atoms with E-state index in [1.807, 2.05) is 56.3 Å². The summed E-state index contributed by atoms with van der Waals surface area (Å²) >= 11 is 0. The molecule has 3 amide bonds. The largest absolute Gasteiger partial charge is 0.497 e. The van der Waals surface area contributed by atoms with Gasteiger partial charge in [0.15, 0.2) is 0 Å². The van der Waals surface area contributed by atoms with Crippen LogP contribution in [0.4, 0.5) is 11.4 Å². The van der Waals surface area contributed by atoms with Gasteiger partial charge in [0.1, 0.15) is 5.75 Å². The van der Waals surface area contributed by atoms with E-state index in [-0.39, 0.29) is 30.1 Å². The van der Waals surface area contributed by atoms with E-state index >= 15 is 0 Å². The van der Waals surface area contributed by atoms with Gasteiger partial charge in [0.2, 0.25) is 17.7 Å².